The average molecular weight is 227 g/mol. The first-order valence-electron chi connectivity index (χ1n) is 6.55. The molecule has 15 heavy (non-hydrogen) atoms. The molecule has 1 fully saturated rings. The van der Waals surface area contributed by atoms with Gasteiger partial charge in [-0.15, -0.1) is 7.92 Å². The molecule has 2 atom stereocenters. The molecule has 1 nitrogen and oxygen atoms in total. The molecule has 88 valence electrons. The summed E-state index contributed by atoms with van der Waals surface area (Å²) in [5.41, 5.74) is 2.03. The van der Waals surface area contributed by atoms with Gasteiger partial charge in [0.05, 0.1) is 0 Å². The average Bonchev–Trinajstić information content (AvgIpc) is 2.21. The quantitative estimate of drug-likeness (QED) is 0.529. The van der Waals surface area contributed by atoms with E-state index in [0.717, 1.165) is 11.3 Å². The number of hydrogen-bond donors (Lipinski definition) is 0. The van der Waals surface area contributed by atoms with Gasteiger partial charge in [0.25, 0.3) is 0 Å². The van der Waals surface area contributed by atoms with E-state index in [1.807, 2.05) is 0 Å². The van der Waals surface area contributed by atoms with Crippen LogP contribution in [0.4, 0.5) is 0 Å². The van der Waals surface area contributed by atoms with E-state index in [1.54, 1.807) is 0 Å². The molecule has 0 aromatic heterocycles. The van der Waals surface area contributed by atoms with Gasteiger partial charge in [-0.3, -0.25) is 0 Å². The summed E-state index contributed by atoms with van der Waals surface area (Å²) >= 11 is 0. The molecule has 0 aromatic carbocycles. The smallest absolute Gasteiger partial charge is 0.185 e. The van der Waals surface area contributed by atoms with Gasteiger partial charge >= 0.3 is 0 Å². The standard InChI is InChI=1S/C12H27BNP/c1-4-11(2)15(3)12-7-5-9-14(13)10-6-8-12/h11-12H,4-10,13H2,1-3H3. The zero-order valence-corrected chi connectivity index (χ0v) is 11.9. The second-order valence-corrected chi connectivity index (χ2v) is 8.11. The largest absolute Gasteiger partial charge is 0.349 e. The van der Waals surface area contributed by atoms with Crippen LogP contribution >= 0.6 is 7.92 Å². The monoisotopic (exact) mass is 227 g/mol. The summed E-state index contributed by atoms with van der Waals surface area (Å²) in [5.74, 6) is 0. The van der Waals surface area contributed by atoms with Crippen molar-refractivity contribution in [3.8, 4) is 0 Å². The van der Waals surface area contributed by atoms with Crippen LogP contribution in [0.25, 0.3) is 0 Å². The van der Waals surface area contributed by atoms with Gasteiger partial charge in [0.2, 0.25) is 0 Å². The third-order valence-electron chi connectivity index (χ3n) is 4.02. The van der Waals surface area contributed by atoms with Crippen LogP contribution in [-0.4, -0.2) is 43.9 Å². The molecule has 2 unspecified atom stereocenters. The molecule has 0 spiro atoms. The lowest BCUT2D eigenvalue weighted by atomic mass is 10.1. The highest BCUT2D eigenvalue weighted by Crippen LogP contribution is 2.47. The van der Waals surface area contributed by atoms with Gasteiger partial charge in [-0.2, -0.15) is 0 Å². The minimum absolute atomic E-state index is 0.278. The topological polar surface area (TPSA) is 3.24 Å². The van der Waals surface area contributed by atoms with Crippen molar-refractivity contribution in [2.45, 2.75) is 57.3 Å². The molecule has 1 aliphatic heterocycles. The number of rotatable bonds is 3. The Balaban J connectivity index is 2.40. The van der Waals surface area contributed by atoms with Gasteiger partial charge < -0.3 is 4.81 Å². The lowest BCUT2D eigenvalue weighted by Gasteiger charge is -2.32. The molecule has 1 heterocycles. The first kappa shape index (κ1) is 13.5. The predicted octanol–water partition coefficient (Wildman–Crippen LogP) is 2.69. The van der Waals surface area contributed by atoms with Crippen LogP contribution < -0.4 is 0 Å². The second-order valence-electron chi connectivity index (χ2n) is 5.16. The minimum Gasteiger partial charge on any atom is -0.349 e. The van der Waals surface area contributed by atoms with E-state index in [2.05, 4.69) is 33.3 Å². The SMILES string of the molecule is BN1CCCC(P(C)C(C)CC)CCC1. The van der Waals surface area contributed by atoms with Crippen LogP contribution in [0.2, 0.25) is 0 Å². The van der Waals surface area contributed by atoms with Crippen molar-refractivity contribution >= 4 is 15.9 Å². The molecule has 0 bridgehead atoms. The molecule has 0 amide bonds. The van der Waals surface area contributed by atoms with Crippen molar-refractivity contribution in [2.24, 2.45) is 0 Å². The summed E-state index contributed by atoms with van der Waals surface area (Å²) < 4.78 is 0. The number of hydrogen-bond acceptors (Lipinski definition) is 1. The van der Waals surface area contributed by atoms with Crippen LogP contribution in [0.15, 0.2) is 0 Å². The van der Waals surface area contributed by atoms with E-state index in [9.17, 15) is 0 Å². The maximum absolute atomic E-state index is 2.54. The first-order chi connectivity index (χ1) is 7.15. The van der Waals surface area contributed by atoms with Gasteiger partial charge in [-0.25, -0.2) is 0 Å². The van der Waals surface area contributed by atoms with Crippen LogP contribution in [0.5, 0.6) is 0 Å². The van der Waals surface area contributed by atoms with Crippen LogP contribution in [-0.2, 0) is 0 Å². The van der Waals surface area contributed by atoms with Crippen LogP contribution in [0, 0.1) is 0 Å². The Morgan fingerprint density at radius 1 is 1.33 bits per heavy atom. The lowest BCUT2D eigenvalue weighted by molar-refractivity contribution is 0.388. The van der Waals surface area contributed by atoms with Crippen LogP contribution in [0.3, 0.4) is 0 Å². The van der Waals surface area contributed by atoms with Gasteiger partial charge in [0.1, 0.15) is 0 Å². The van der Waals surface area contributed by atoms with E-state index in [-0.39, 0.29) is 7.92 Å². The fourth-order valence-corrected chi connectivity index (χ4v) is 4.98. The summed E-state index contributed by atoms with van der Waals surface area (Å²) in [7, 11) is 2.55. The molecule has 0 radical (unpaired) electrons. The third kappa shape index (κ3) is 4.45. The summed E-state index contributed by atoms with van der Waals surface area (Å²) in [6.45, 7) is 9.98. The van der Waals surface area contributed by atoms with Gasteiger partial charge in [-0.05, 0) is 63.2 Å². The summed E-state index contributed by atoms with van der Waals surface area (Å²) in [6, 6.07) is 0. The Hall–Kier alpha value is 0.455. The van der Waals surface area contributed by atoms with Gasteiger partial charge in [0.15, 0.2) is 7.98 Å². The third-order valence-corrected chi connectivity index (χ3v) is 7.44. The maximum atomic E-state index is 2.54. The van der Waals surface area contributed by atoms with Crippen molar-refractivity contribution in [3.63, 3.8) is 0 Å². The molecule has 1 aliphatic rings. The highest BCUT2D eigenvalue weighted by molar-refractivity contribution is 7.58. The lowest BCUT2D eigenvalue weighted by Crippen LogP contribution is -2.27. The molecule has 0 saturated carbocycles. The summed E-state index contributed by atoms with van der Waals surface area (Å²) in [5, 5.41) is 0. The Bertz CT molecular complexity index is 167. The second kappa shape index (κ2) is 6.91. The van der Waals surface area contributed by atoms with Crippen molar-refractivity contribution in [2.75, 3.05) is 19.8 Å². The Morgan fingerprint density at radius 3 is 2.33 bits per heavy atom. The molecule has 1 rings (SSSR count). The molecule has 1 saturated heterocycles. The molecular weight excluding hydrogens is 200 g/mol. The van der Waals surface area contributed by atoms with Crippen molar-refractivity contribution in [3.05, 3.63) is 0 Å². The Labute approximate surface area is 98.2 Å². The zero-order valence-electron chi connectivity index (χ0n) is 11.0. The van der Waals surface area contributed by atoms with E-state index < -0.39 is 0 Å². The van der Waals surface area contributed by atoms with E-state index in [4.69, 9.17) is 0 Å². The first-order valence-corrected chi connectivity index (χ1v) is 8.48. The van der Waals surface area contributed by atoms with E-state index >= 15 is 0 Å². The zero-order chi connectivity index (χ0) is 11.3. The van der Waals surface area contributed by atoms with Gasteiger partial charge in [0, 0.05) is 0 Å². The van der Waals surface area contributed by atoms with E-state index in [1.165, 1.54) is 45.2 Å². The number of nitrogens with zero attached hydrogens (tertiary/aromatic N) is 1. The molecule has 0 aliphatic carbocycles. The fourth-order valence-electron chi connectivity index (χ4n) is 2.50. The highest BCUT2D eigenvalue weighted by atomic mass is 31.1. The summed E-state index contributed by atoms with van der Waals surface area (Å²) in [6.07, 6.45) is 7.18. The Morgan fingerprint density at radius 2 is 1.87 bits per heavy atom. The molecular formula is C12H27BNP. The van der Waals surface area contributed by atoms with Crippen molar-refractivity contribution in [1.29, 1.82) is 0 Å². The summed E-state index contributed by atoms with van der Waals surface area (Å²) in [4.78, 5) is 2.50. The fraction of sp³-hybridized carbons (Fsp3) is 1.00. The van der Waals surface area contributed by atoms with Crippen molar-refractivity contribution in [1.82, 2.24) is 4.81 Å². The molecule has 3 heteroatoms. The maximum Gasteiger partial charge on any atom is 0.185 e. The Kier molecular flexibility index (Phi) is 6.23. The highest BCUT2D eigenvalue weighted by Gasteiger charge is 2.22. The van der Waals surface area contributed by atoms with Crippen LogP contribution in [0.1, 0.15) is 46.0 Å². The molecule has 0 N–H and O–H groups in total. The minimum atomic E-state index is 0.278. The molecule has 0 aromatic rings. The van der Waals surface area contributed by atoms with Crippen molar-refractivity contribution < 1.29 is 0 Å². The van der Waals surface area contributed by atoms with E-state index in [0.29, 0.717) is 0 Å². The predicted molar refractivity (Wildman–Crippen MR) is 75.0 cm³/mol. The van der Waals surface area contributed by atoms with Gasteiger partial charge in [-0.1, -0.05) is 13.8 Å². The normalized spacial score (nSPS) is 25.5.